The lowest BCUT2D eigenvalue weighted by atomic mass is 10.0. The van der Waals surface area contributed by atoms with E-state index in [1.807, 2.05) is 71.9 Å². The van der Waals surface area contributed by atoms with Crippen molar-refractivity contribution in [3.05, 3.63) is 82.3 Å². The zero-order valence-corrected chi connectivity index (χ0v) is 25.4. The van der Waals surface area contributed by atoms with Crippen molar-refractivity contribution in [2.24, 2.45) is 5.92 Å². The fourth-order valence-corrected chi connectivity index (χ4v) is 5.68. The van der Waals surface area contributed by atoms with Gasteiger partial charge < -0.3 is 15.0 Å². The molecular formula is C33H44N4O3S. The summed E-state index contributed by atoms with van der Waals surface area (Å²) >= 11 is 1.53. The van der Waals surface area contributed by atoms with Crippen molar-refractivity contribution in [2.45, 2.75) is 71.1 Å². The maximum absolute atomic E-state index is 13.8. The van der Waals surface area contributed by atoms with Gasteiger partial charge in [0.25, 0.3) is 0 Å². The van der Waals surface area contributed by atoms with Gasteiger partial charge in [-0.15, -0.1) is 11.3 Å². The van der Waals surface area contributed by atoms with Crippen molar-refractivity contribution < 1.29 is 14.3 Å². The molecule has 8 heteroatoms. The van der Waals surface area contributed by atoms with E-state index < -0.39 is 12.1 Å². The number of ether oxygens (including phenoxy) is 1. The summed E-state index contributed by atoms with van der Waals surface area (Å²) in [6, 6.07) is 16.9. The quantitative estimate of drug-likeness (QED) is 0.280. The number of thiazole rings is 1. The molecule has 7 nitrogen and oxygen atoms in total. The minimum Gasteiger partial charge on any atom is -0.489 e. The first-order valence-corrected chi connectivity index (χ1v) is 15.8. The molecule has 0 aliphatic carbocycles. The highest BCUT2D eigenvalue weighted by Gasteiger charge is 2.31. The monoisotopic (exact) mass is 576 g/mol. The van der Waals surface area contributed by atoms with E-state index in [1.165, 1.54) is 11.3 Å². The third-order valence-corrected chi connectivity index (χ3v) is 8.31. The number of likely N-dealkylation sites (tertiary alicyclic amines) is 1. The molecule has 1 aliphatic rings. The molecule has 3 aromatic rings. The molecule has 0 spiro atoms. The van der Waals surface area contributed by atoms with Crippen LogP contribution in [0.25, 0.3) is 0 Å². The van der Waals surface area contributed by atoms with Gasteiger partial charge in [0.15, 0.2) is 0 Å². The maximum Gasteiger partial charge on any atom is 0.245 e. The van der Waals surface area contributed by atoms with E-state index in [2.05, 4.69) is 29.0 Å². The molecule has 0 bridgehead atoms. The highest BCUT2D eigenvalue weighted by Crippen LogP contribution is 2.18. The number of carbonyl (C=O) groups excluding carboxylic acids is 2. The number of aromatic nitrogens is 1. The Balaban J connectivity index is 1.47. The van der Waals surface area contributed by atoms with E-state index in [0.29, 0.717) is 25.4 Å². The fourth-order valence-electron chi connectivity index (χ4n) is 5.10. The van der Waals surface area contributed by atoms with E-state index in [9.17, 15) is 9.59 Å². The van der Waals surface area contributed by atoms with E-state index in [-0.39, 0.29) is 11.8 Å². The molecule has 1 N–H and O–H groups in total. The SMILES string of the molecule is CC(C)CCN(C)C(Cc1cscn1)C(=O)NC(Cc1ccc(OCc2ccccc2)cc1)C(=O)N1CCCCC1. The van der Waals surface area contributed by atoms with Gasteiger partial charge in [-0.05, 0) is 68.5 Å². The smallest absolute Gasteiger partial charge is 0.245 e. The normalized spacial score (nSPS) is 15.1. The second-order valence-electron chi connectivity index (χ2n) is 11.4. The minimum atomic E-state index is -0.631. The third kappa shape index (κ3) is 9.68. The van der Waals surface area contributed by atoms with Gasteiger partial charge in [-0.2, -0.15) is 0 Å². The molecule has 2 atom stereocenters. The molecule has 2 unspecified atom stereocenters. The molecule has 2 heterocycles. The van der Waals surface area contributed by atoms with Gasteiger partial charge in [0.1, 0.15) is 18.4 Å². The van der Waals surface area contributed by atoms with Crippen molar-refractivity contribution >= 4 is 23.2 Å². The van der Waals surface area contributed by atoms with E-state index >= 15 is 0 Å². The summed E-state index contributed by atoms with van der Waals surface area (Å²) in [5.74, 6) is 1.19. The van der Waals surface area contributed by atoms with Gasteiger partial charge in [-0.3, -0.25) is 14.5 Å². The van der Waals surface area contributed by atoms with E-state index in [0.717, 1.165) is 67.9 Å². The average Bonchev–Trinajstić information content (AvgIpc) is 3.52. The van der Waals surface area contributed by atoms with Crippen LogP contribution in [0.1, 0.15) is 56.4 Å². The van der Waals surface area contributed by atoms with Crippen LogP contribution in [0.4, 0.5) is 0 Å². The summed E-state index contributed by atoms with van der Waals surface area (Å²) in [6.45, 7) is 7.16. The van der Waals surface area contributed by atoms with Crippen LogP contribution in [0.5, 0.6) is 5.75 Å². The highest BCUT2D eigenvalue weighted by atomic mass is 32.1. The summed E-state index contributed by atoms with van der Waals surface area (Å²) in [5.41, 5.74) is 4.79. The van der Waals surface area contributed by atoms with E-state index in [4.69, 9.17) is 4.74 Å². The number of nitrogens with zero attached hydrogens (tertiary/aromatic N) is 3. The third-order valence-electron chi connectivity index (χ3n) is 7.67. The van der Waals surface area contributed by atoms with Crippen LogP contribution < -0.4 is 10.1 Å². The Bertz CT molecular complexity index is 1190. The first-order valence-electron chi connectivity index (χ1n) is 14.8. The lowest BCUT2D eigenvalue weighted by Gasteiger charge is -2.33. The largest absolute Gasteiger partial charge is 0.489 e. The molecule has 220 valence electrons. The Kier molecular flexibility index (Phi) is 11.8. The molecule has 0 saturated carbocycles. The van der Waals surface area contributed by atoms with Crippen molar-refractivity contribution in [3.8, 4) is 5.75 Å². The number of hydrogen-bond donors (Lipinski definition) is 1. The van der Waals surface area contributed by atoms with Crippen LogP contribution in [-0.4, -0.2) is 65.4 Å². The van der Waals surface area contributed by atoms with Gasteiger partial charge in [0, 0.05) is 31.3 Å². The molecule has 0 radical (unpaired) electrons. The lowest BCUT2D eigenvalue weighted by Crippen LogP contribution is -2.56. The van der Waals surface area contributed by atoms with Gasteiger partial charge in [-0.1, -0.05) is 56.3 Å². The number of hydrogen-bond acceptors (Lipinski definition) is 6. The van der Waals surface area contributed by atoms with Gasteiger partial charge in [0.2, 0.25) is 11.8 Å². The summed E-state index contributed by atoms with van der Waals surface area (Å²) < 4.78 is 5.95. The second kappa shape index (κ2) is 15.7. The summed E-state index contributed by atoms with van der Waals surface area (Å²) in [5, 5.41) is 5.17. The van der Waals surface area contributed by atoms with Crippen molar-refractivity contribution in [1.82, 2.24) is 20.1 Å². The Hall–Kier alpha value is -3.23. The van der Waals surface area contributed by atoms with Crippen LogP contribution in [0.15, 0.2) is 65.5 Å². The minimum absolute atomic E-state index is 0.000282. The standard InChI is InChI=1S/C33H44N4O3S/c1-25(2)16-19-36(3)31(21-28-23-41-24-34-28)32(38)35-30(33(39)37-17-8-5-9-18-37)20-26-12-14-29(15-13-26)40-22-27-10-6-4-7-11-27/h4,6-7,10-15,23-25,30-31H,5,8-9,16-22H2,1-3H3,(H,35,38). The predicted molar refractivity (Wildman–Crippen MR) is 165 cm³/mol. The average molecular weight is 577 g/mol. The van der Waals surface area contributed by atoms with E-state index in [1.54, 1.807) is 5.51 Å². The van der Waals surface area contributed by atoms with Gasteiger partial charge in [-0.25, -0.2) is 4.98 Å². The molecule has 1 aromatic heterocycles. The second-order valence-corrected chi connectivity index (χ2v) is 12.2. The molecule has 4 rings (SSSR count). The molecule has 2 amide bonds. The number of nitrogens with one attached hydrogen (secondary N) is 1. The van der Waals surface area contributed by atoms with Crippen LogP contribution in [0, 0.1) is 5.92 Å². The number of benzene rings is 2. The number of piperidine rings is 1. The van der Waals surface area contributed by atoms with Crippen molar-refractivity contribution in [3.63, 3.8) is 0 Å². The lowest BCUT2D eigenvalue weighted by molar-refractivity contribution is -0.138. The number of amides is 2. The molecule has 2 aromatic carbocycles. The predicted octanol–water partition coefficient (Wildman–Crippen LogP) is 5.35. The highest BCUT2D eigenvalue weighted by molar-refractivity contribution is 7.07. The number of carbonyl (C=O) groups is 2. The van der Waals surface area contributed by atoms with Crippen LogP contribution >= 0.6 is 11.3 Å². The van der Waals surface area contributed by atoms with Crippen LogP contribution in [0.2, 0.25) is 0 Å². The number of likely N-dealkylation sites (N-methyl/N-ethyl adjacent to an activating group) is 1. The maximum atomic E-state index is 13.8. The molecule has 1 fully saturated rings. The van der Waals surface area contributed by atoms with Crippen molar-refractivity contribution in [2.75, 3.05) is 26.7 Å². The summed E-state index contributed by atoms with van der Waals surface area (Å²) in [6.07, 6.45) is 5.09. The topological polar surface area (TPSA) is 74.8 Å². The van der Waals surface area contributed by atoms with Gasteiger partial charge >= 0.3 is 0 Å². The Morgan fingerprint density at radius 2 is 1.73 bits per heavy atom. The first kappa shape index (κ1) is 30.7. The Labute approximate surface area is 248 Å². The van der Waals surface area contributed by atoms with Crippen LogP contribution in [-0.2, 0) is 29.0 Å². The molecule has 1 saturated heterocycles. The zero-order valence-electron chi connectivity index (χ0n) is 24.6. The Morgan fingerprint density at radius 1 is 1.00 bits per heavy atom. The van der Waals surface area contributed by atoms with Crippen LogP contribution in [0.3, 0.4) is 0 Å². The first-order chi connectivity index (χ1) is 19.9. The summed E-state index contributed by atoms with van der Waals surface area (Å²) in [4.78, 5) is 36.1. The van der Waals surface area contributed by atoms with Crippen molar-refractivity contribution in [1.29, 1.82) is 0 Å². The van der Waals surface area contributed by atoms with Gasteiger partial charge in [0.05, 0.1) is 17.2 Å². The summed E-state index contributed by atoms with van der Waals surface area (Å²) in [7, 11) is 1.99. The fraction of sp³-hybridized carbons (Fsp3) is 0.485. The number of rotatable bonds is 14. The molecule has 1 aliphatic heterocycles. The molecular weight excluding hydrogens is 532 g/mol. The molecule has 41 heavy (non-hydrogen) atoms. The Morgan fingerprint density at radius 3 is 2.39 bits per heavy atom. The zero-order chi connectivity index (χ0) is 29.0.